The maximum absolute atomic E-state index is 10.9. The Bertz CT molecular complexity index is 373. The highest BCUT2D eigenvalue weighted by Gasteiger charge is 1.98. The maximum atomic E-state index is 10.9. The molecule has 0 aromatic heterocycles. The fraction of sp³-hybridized carbons (Fsp3) is 0.0909. The van der Waals surface area contributed by atoms with Crippen molar-refractivity contribution in [3.8, 4) is 0 Å². The van der Waals surface area contributed by atoms with Crippen LogP contribution >= 0.6 is 0 Å². The lowest BCUT2D eigenvalue weighted by Crippen LogP contribution is -2.01. The van der Waals surface area contributed by atoms with E-state index in [-0.39, 0.29) is 12.8 Å². The molecule has 5 heteroatoms. The van der Waals surface area contributed by atoms with E-state index >= 15 is 0 Å². The van der Waals surface area contributed by atoms with Gasteiger partial charge in [0.05, 0.1) is 0 Å². The van der Waals surface area contributed by atoms with Crippen molar-refractivity contribution in [2.45, 2.75) is 6.61 Å². The van der Waals surface area contributed by atoms with Crippen LogP contribution in [-0.2, 0) is 20.9 Å². The van der Waals surface area contributed by atoms with Crippen molar-refractivity contribution < 1.29 is 19.4 Å². The third-order valence-electron chi connectivity index (χ3n) is 1.59. The largest absolute Gasteiger partial charge is 0.478 e. The summed E-state index contributed by atoms with van der Waals surface area (Å²) in [6, 6.07) is 9.14. The Hall–Kier alpha value is -2.14. The quantitative estimate of drug-likeness (QED) is 0.595. The first-order valence-electron chi connectivity index (χ1n) is 4.30. The summed E-state index contributed by atoms with van der Waals surface area (Å²) in [4.78, 5) is 21.0. The molecule has 0 amide bonds. The summed E-state index contributed by atoms with van der Waals surface area (Å²) in [5.74, 6) is -1.84. The van der Waals surface area contributed by atoms with Crippen molar-refractivity contribution in [1.82, 2.24) is 6.15 Å². The average Bonchev–Trinajstić information content (AvgIpc) is 2.25. The van der Waals surface area contributed by atoms with Crippen LogP contribution in [-0.4, -0.2) is 17.0 Å². The molecule has 0 unspecified atom stereocenters. The molecule has 0 fully saturated rings. The molecule has 1 aromatic carbocycles. The van der Waals surface area contributed by atoms with Crippen molar-refractivity contribution in [1.29, 1.82) is 0 Å². The van der Waals surface area contributed by atoms with Crippen molar-refractivity contribution >= 4 is 11.9 Å². The fourth-order valence-electron chi connectivity index (χ4n) is 0.916. The lowest BCUT2D eigenvalue weighted by Gasteiger charge is -2.00. The van der Waals surface area contributed by atoms with Gasteiger partial charge in [0.2, 0.25) is 0 Å². The SMILES string of the molecule is N.O=C(O)C=CC(=O)OCc1ccccc1. The molecule has 0 aliphatic heterocycles. The van der Waals surface area contributed by atoms with Crippen LogP contribution < -0.4 is 6.15 Å². The van der Waals surface area contributed by atoms with Gasteiger partial charge in [-0.2, -0.15) is 0 Å². The van der Waals surface area contributed by atoms with E-state index in [2.05, 4.69) is 0 Å². The van der Waals surface area contributed by atoms with E-state index < -0.39 is 11.9 Å². The molecular weight excluding hydrogens is 210 g/mol. The fourth-order valence-corrected chi connectivity index (χ4v) is 0.916. The number of carboxylic acids is 1. The van der Waals surface area contributed by atoms with E-state index in [1.54, 1.807) is 0 Å². The molecule has 0 atom stereocenters. The molecule has 0 radical (unpaired) electrons. The third kappa shape index (κ3) is 5.56. The summed E-state index contributed by atoms with van der Waals surface area (Å²) in [7, 11) is 0. The molecule has 86 valence electrons. The van der Waals surface area contributed by atoms with Crippen LogP contribution in [0.15, 0.2) is 42.5 Å². The molecule has 0 saturated carbocycles. The van der Waals surface area contributed by atoms with E-state index in [1.807, 2.05) is 30.3 Å². The first-order chi connectivity index (χ1) is 7.18. The molecule has 0 spiro atoms. The van der Waals surface area contributed by atoms with Gasteiger partial charge in [-0.3, -0.25) is 0 Å². The van der Waals surface area contributed by atoms with Gasteiger partial charge < -0.3 is 16.0 Å². The highest BCUT2D eigenvalue weighted by atomic mass is 16.5. The smallest absolute Gasteiger partial charge is 0.331 e. The van der Waals surface area contributed by atoms with Crippen molar-refractivity contribution in [2.75, 3.05) is 0 Å². The van der Waals surface area contributed by atoms with Gasteiger partial charge in [0.1, 0.15) is 6.61 Å². The average molecular weight is 223 g/mol. The first-order valence-corrected chi connectivity index (χ1v) is 4.30. The standard InChI is InChI=1S/C11H10O4.H3N/c12-10(13)6-7-11(14)15-8-9-4-2-1-3-5-9;/h1-7H,8H2,(H,12,13);1H3. The Morgan fingerprint density at radius 3 is 2.38 bits per heavy atom. The van der Waals surface area contributed by atoms with Crippen LogP contribution in [0.25, 0.3) is 0 Å². The Kier molecular flexibility index (Phi) is 6.23. The van der Waals surface area contributed by atoms with Crippen LogP contribution in [0.2, 0.25) is 0 Å². The Morgan fingerprint density at radius 1 is 1.19 bits per heavy atom. The molecule has 0 bridgehead atoms. The summed E-state index contributed by atoms with van der Waals surface area (Å²) >= 11 is 0. The third-order valence-corrected chi connectivity index (χ3v) is 1.59. The molecule has 1 rings (SSSR count). The number of carbonyl (C=O) groups is 2. The number of aliphatic carboxylic acids is 1. The monoisotopic (exact) mass is 223 g/mol. The molecule has 1 aromatic rings. The van der Waals surface area contributed by atoms with Crippen LogP contribution in [0.1, 0.15) is 5.56 Å². The van der Waals surface area contributed by atoms with E-state index in [0.29, 0.717) is 0 Å². The van der Waals surface area contributed by atoms with Crippen molar-refractivity contribution in [3.63, 3.8) is 0 Å². The minimum absolute atomic E-state index is 0. The van der Waals surface area contributed by atoms with Crippen LogP contribution in [0.5, 0.6) is 0 Å². The lowest BCUT2D eigenvalue weighted by atomic mass is 10.2. The van der Waals surface area contributed by atoms with Crippen LogP contribution in [0.4, 0.5) is 0 Å². The predicted molar refractivity (Wildman–Crippen MR) is 58.0 cm³/mol. The summed E-state index contributed by atoms with van der Waals surface area (Å²) < 4.78 is 4.79. The zero-order valence-corrected chi connectivity index (χ0v) is 8.63. The Morgan fingerprint density at radius 2 is 1.81 bits per heavy atom. The number of carboxylic acid groups (broad SMARTS) is 1. The molecule has 0 aliphatic carbocycles. The highest BCUT2D eigenvalue weighted by Crippen LogP contribution is 2.00. The number of esters is 1. The molecular formula is C11H13NO4. The van der Waals surface area contributed by atoms with Gasteiger partial charge in [-0.15, -0.1) is 0 Å². The number of hydrogen-bond donors (Lipinski definition) is 2. The van der Waals surface area contributed by atoms with E-state index in [4.69, 9.17) is 9.84 Å². The second-order valence-corrected chi connectivity index (χ2v) is 2.76. The summed E-state index contributed by atoms with van der Waals surface area (Å²) in [5, 5.41) is 8.25. The summed E-state index contributed by atoms with van der Waals surface area (Å²) in [5.41, 5.74) is 0.856. The maximum Gasteiger partial charge on any atom is 0.331 e. The minimum Gasteiger partial charge on any atom is -0.478 e. The number of benzene rings is 1. The van der Waals surface area contributed by atoms with Gasteiger partial charge in [0.25, 0.3) is 0 Å². The van der Waals surface area contributed by atoms with E-state index in [1.165, 1.54) is 0 Å². The number of carbonyl (C=O) groups excluding carboxylic acids is 1. The zero-order chi connectivity index (χ0) is 11.1. The molecule has 16 heavy (non-hydrogen) atoms. The molecule has 0 saturated heterocycles. The second kappa shape index (κ2) is 7.19. The highest BCUT2D eigenvalue weighted by molar-refractivity contribution is 5.90. The predicted octanol–water partition coefficient (Wildman–Crippen LogP) is 1.53. The number of hydrogen-bond acceptors (Lipinski definition) is 4. The second-order valence-electron chi connectivity index (χ2n) is 2.76. The van der Waals surface area contributed by atoms with Crippen molar-refractivity contribution in [2.24, 2.45) is 0 Å². The number of ether oxygens (including phenoxy) is 1. The number of rotatable bonds is 4. The minimum atomic E-state index is -1.17. The lowest BCUT2D eigenvalue weighted by molar-refractivity contribution is -0.139. The molecule has 0 aliphatic rings. The van der Waals surface area contributed by atoms with Gasteiger partial charge in [0, 0.05) is 12.2 Å². The Balaban J connectivity index is 0.00000225. The van der Waals surface area contributed by atoms with E-state index in [0.717, 1.165) is 17.7 Å². The molecule has 4 N–H and O–H groups in total. The normalized spacial score (nSPS) is 9.50. The molecule has 5 nitrogen and oxygen atoms in total. The van der Waals surface area contributed by atoms with Gasteiger partial charge >= 0.3 is 11.9 Å². The van der Waals surface area contributed by atoms with E-state index in [9.17, 15) is 9.59 Å². The van der Waals surface area contributed by atoms with Gasteiger partial charge in [-0.1, -0.05) is 30.3 Å². The van der Waals surface area contributed by atoms with Crippen LogP contribution in [0, 0.1) is 0 Å². The van der Waals surface area contributed by atoms with Gasteiger partial charge in [-0.05, 0) is 5.56 Å². The van der Waals surface area contributed by atoms with Gasteiger partial charge in [0.15, 0.2) is 0 Å². The first kappa shape index (κ1) is 13.9. The van der Waals surface area contributed by atoms with Crippen LogP contribution in [0.3, 0.4) is 0 Å². The molecule has 0 heterocycles. The summed E-state index contributed by atoms with van der Waals surface area (Å²) in [6.45, 7) is 0.142. The zero-order valence-electron chi connectivity index (χ0n) is 8.63. The van der Waals surface area contributed by atoms with Crippen molar-refractivity contribution in [3.05, 3.63) is 48.0 Å². The van der Waals surface area contributed by atoms with Gasteiger partial charge in [-0.25, -0.2) is 9.59 Å². The summed E-state index contributed by atoms with van der Waals surface area (Å²) in [6.07, 6.45) is 1.62. The topological polar surface area (TPSA) is 98.6 Å². The Labute approximate surface area is 92.9 Å².